The van der Waals surface area contributed by atoms with Crippen molar-refractivity contribution in [1.82, 2.24) is 10.2 Å². The van der Waals surface area contributed by atoms with Crippen molar-refractivity contribution >= 4 is 0 Å². The maximum atomic E-state index is 9.19. The van der Waals surface area contributed by atoms with E-state index in [9.17, 15) is 5.26 Å². The van der Waals surface area contributed by atoms with Crippen LogP contribution in [0.5, 0.6) is 11.6 Å². The normalized spacial score (nSPS) is 10.0. The number of nitrogens with zero attached hydrogens (tertiary/aromatic N) is 3. The van der Waals surface area contributed by atoms with Gasteiger partial charge in [-0.3, -0.25) is 0 Å². The van der Waals surface area contributed by atoms with E-state index in [2.05, 4.69) is 23.2 Å². The molecule has 4 heteroatoms. The minimum absolute atomic E-state index is 0.259. The molecule has 2 aromatic rings. The first kappa shape index (κ1) is 13.0. The molecule has 4 nitrogen and oxygen atoms in total. The van der Waals surface area contributed by atoms with Crippen LogP contribution in [0.15, 0.2) is 24.3 Å². The number of aryl methyl sites for hydroxylation is 2. The minimum Gasteiger partial charge on any atom is -0.437 e. The first-order valence-corrected chi connectivity index (χ1v) is 6.16. The molecule has 0 bridgehead atoms. The average Bonchev–Trinajstić information content (AvgIpc) is 2.44. The van der Waals surface area contributed by atoms with Gasteiger partial charge in [0.05, 0.1) is 5.69 Å². The molecule has 1 heterocycles. The maximum absolute atomic E-state index is 9.19. The molecule has 0 spiro atoms. The SMILES string of the molecule is CCc1ccc(Oc2nnc(C)c(C)c2C#N)cc1. The van der Waals surface area contributed by atoms with Crippen molar-refractivity contribution in [1.29, 1.82) is 5.26 Å². The highest BCUT2D eigenvalue weighted by atomic mass is 16.5. The van der Waals surface area contributed by atoms with Crippen LogP contribution in [0.4, 0.5) is 0 Å². The summed E-state index contributed by atoms with van der Waals surface area (Å²) in [5.41, 5.74) is 3.22. The van der Waals surface area contributed by atoms with Gasteiger partial charge in [-0.15, -0.1) is 5.10 Å². The van der Waals surface area contributed by atoms with Crippen LogP contribution in [-0.4, -0.2) is 10.2 Å². The first-order chi connectivity index (χ1) is 9.15. The van der Waals surface area contributed by atoms with Crippen LogP contribution < -0.4 is 4.74 Å². The average molecular weight is 253 g/mol. The molecule has 0 fully saturated rings. The molecular weight excluding hydrogens is 238 g/mol. The first-order valence-electron chi connectivity index (χ1n) is 6.16. The molecule has 0 saturated heterocycles. The maximum Gasteiger partial charge on any atom is 0.257 e. The van der Waals surface area contributed by atoms with Gasteiger partial charge in [-0.25, -0.2) is 0 Å². The fraction of sp³-hybridized carbons (Fsp3) is 0.267. The smallest absolute Gasteiger partial charge is 0.257 e. The number of nitriles is 1. The molecule has 0 aliphatic rings. The second-order valence-electron chi connectivity index (χ2n) is 4.30. The number of rotatable bonds is 3. The van der Waals surface area contributed by atoms with E-state index >= 15 is 0 Å². The summed E-state index contributed by atoms with van der Waals surface area (Å²) in [5, 5.41) is 17.1. The molecule has 1 aromatic heterocycles. The Kier molecular flexibility index (Phi) is 3.76. The van der Waals surface area contributed by atoms with Crippen molar-refractivity contribution < 1.29 is 4.74 Å². The van der Waals surface area contributed by atoms with Crippen LogP contribution in [0.25, 0.3) is 0 Å². The van der Waals surface area contributed by atoms with Crippen molar-refractivity contribution in [3.63, 3.8) is 0 Å². The van der Waals surface area contributed by atoms with E-state index in [1.165, 1.54) is 5.56 Å². The predicted octanol–water partition coefficient (Wildman–Crippen LogP) is 3.32. The Morgan fingerprint density at radius 2 is 1.84 bits per heavy atom. The van der Waals surface area contributed by atoms with Gasteiger partial charge in [0.1, 0.15) is 17.4 Å². The second kappa shape index (κ2) is 5.49. The quantitative estimate of drug-likeness (QED) is 0.841. The van der Waals surface area contributed by atoms with Crippen molar-refractivity contribution in [2.75, 3.05) is 0 Å². The standard InChI is InChI=1S/C15H15N3O/c1-4-12-5-7-13(8-6-12)19-15-14(9-16)10(2)11(3)17-18-15/h5-8H,4H2,1-3H3. The summed E-state index contributed by atoms with van der Waals surface area (Å²) < 4.78 is 5.64. The molecule has 0 saturated carbocycles. The summed E-state index contributed by atoms with van der Waals surface area (Å²) >= 11 is 0. The second-order valence-corrected chi connectivity index (χ2v) is 4.30. The van der Waals surface area contributed by atoms with Gasteiger partial charge in [-0.05, 0) is 43.5 Å². The van der Waals surface area contributed by atoms with Crippen LogP contribution in [0.2, 0.25) is 0 Å². The predicted molar refractivity (Wildman–Crippen MR) is 72.1 cm³/mol. The van der Waals surface area contributed by atoms with Crippen molar-refractivity contribution in [2.24, 2.45) is 0 Å². The number of hydrogen-bond donors (Lipinski definition) is 0. The summed E-state index contributed by atoms with van der Waals surface area (Å²) in [6, 6.07) is 9.86. The lowest BCUT2D eigenvalue weighted by atomic mass is 10.1. The third-order valence-electron chi connectivity index (χ3n) is 3.08. The Balaban J connectivity index is 2.33. The number of hydrogen-bond acceptors (Lipinski definition) is 4. The Bertz CT molecular complexity index is 627. The fourth-order valence-corrected chi connectivity index (χ4v) is 1.69. The Morgan fingerprint density at radius 3 is 2.42 bits per heavy atom. The van der Waals surface area contributed by atoms with Crippen molar-refractivity contribution in [3.05, 3.63) is 46.6 Å². The van der Waals surface area contributed by atoms with Gasteiger partial charge in [0.2, 0.25) is 0 Å². The fourth-order valence-electron chi connectivity index (χ4n) is 1.69. The van der Waals surface area contributed by atoms with E-state index in [0.29, 0.717) is 11.3 Å². The molecular formula is C15H15N3O. The Morgan fingerprint density at radius 1 is 1.16 bits per heavy atom. The number of aromatic nitrogens is 2. The number of ether oxygens (including phenoxy) is 1. The molecule has 96 valence electrons. The van der Waals surface area contributed by atoms with Crippen molar-refractivity contribution in [3.8, 4) is 17.7 Å². The molecule has 0 unspecified atom stereocenters. The van der Waals surface area contributed by atoms with Gasteiger partial charge in [0.25, 0.3) is 5.88 Å². The molecule has 0 aliphatic heterocycles. The lowest BCUT2D eigenvalue weighted by Crippen LogP contribution is -2.00. The largest absolute Gasteiger partial charge is 0.437 e. The van der Waals surface area contributed by atoms with Gasteiger partial charge < -0.3 is 4.74 Å². The zero-order valence-corrected chi connectivity index (χ0v) is 11.3. The molecule has 0 amide bonds. The molecule has 0 aliphatic carbocycles. The lowest BCUT2D eigenvalue weighted by Gasteiger charge is -2.08. The zero-order valence-electron chi connectivity index (χ0n) is 11.3. The van der Waals surface area contributed by atoms with Crippen LogP contribution in [0.1, 0.15) is 29.3 Å². The van der Waals surface area contributed by atoms with Gasteiger partial charge in [-0.2, -0.15) is 10.4 Å². The van der Waals surface area contributed by atoms with Crippen LogP contribution in [0, 0.1) is 25.2 Å². The molecule has 0 radical (unpaired) electrons. The van der Waals surface area contributed by atoms with Gasteiger partial charge in [0, 0.05) is 0 Å². The molecule has 0 atom stereocenters. The summed E-state index contributed by atoms with van der Waals surface area (Å²) in [6.07, 6.45) is 0.979. The molecule has 1 aromatic carbocycles. The zero-order chi connectivity index (χ0) is 13.8. The van der Waals surface area contributed by atoms with Crippen LogP contribution in [-0.2, 0) is 6.42 Å². The van der Waals surface area contributed by atoms with E-state index in [1.807, 2.05) is 38.1 Å². The van der Waals surface area contributed by atoms with Gasteiger partial charge >= 0.3 is 0 Å². The van der Waals surface area contributed by atoms with Crippen LogP contribution in [0.3, 0.4) is 0 Å². The number of benzene rings is 1. The van der Waals surface area contributed by atoms with E-state index in [1.54, 1.807) is 0 Å². The monoisotopic (exact) mass is 253 g/mol. The summed E-state index contributed by atoms with van der Waals surface area (Å²) in [7, 11) is 0. The van der Waals surface area contributed by atoms with Gasteiger partial charge in [-0.1, -0.05) is 19.1 Å². The molecule has 0 N–H and O–H groups in total. The lowest BCUT2D eigenvalue weighted by molar-refractivity contribution is 0.451. The highest BCUT2D eigenvalue weighted by molar-refractivity contribution is 5.46. The van der Waals surface area contributed by atoms with E-state index in [0.717, 1.165) is 17.7 Å². The van der Waals surface area contributed by atoms with Gasteiger partial charge in [0.15, 0.2) is 0 Å². The Hall–Kier alpha value is -2.41. The summed E-state index contributed by atoms with van der Waals surface area (Å²) in [5.74, 6) is 0.918. The highest BCUT2D eigenvalue weighted by Gasteiger charge is 2.12. The third-order valence-corrected chi connectivity index (χ3v) is 3.08. The van der Waals surface area contributed by atoms with Crippen molar-refractivity contribution in [2.45, 2.75) is 27.2 Å². The summed E-state index contributed by atoms with van der Waals surface area (Å²) in [6.45, 7) is 5.76. The summed E-state index contributed by atoms with van der Waals surface area (Å²) in [4.78, 5) is 0. The highest BCUT2D eigenvalue weighted by Crippen LogP contribution is 2.25. The van der Waals surface area contributed by atoms with E-state index < -0.39 is 0 Å². The van der Waals surface area contributed by atoms with E-state index in [4.69, 9.17) is 4.74 Å². The Labute approximate surface area is 112 Å². The molecule has 19 heavy (non-hydrogen) atoms. The third kappa shape index (κ3) is 2.71. The topological polar surface area (TPSA) is 58.8 Å². The molecule has 2 rings (SSSR count). The van der Waals surface area contributed by atoms with Crippen LogP contribution >= 0.6 is 0 Å². The van der Waals surface area contributed by atoms with E-state index in [-0.39, 0.29) is 5.88 Å². The minimum atomic E-state index is 0.259.